The van der Waals surface area contributed by atoms with Crippen molar-refractivity contribution >= 4 is 27.5 Å². The second-order valence-corrected chi connectivity index (χ2v) is 5.90. The first kappa shape index (κ1) is 13.6. The summed E-state index contributed by atoms with van der Waals surface area (Å²) in [7, 11) is 0. The number of hydrogen-bond acceptors (Lipinski definition) is 2. The molecule has 3 N–H and O–H groups in total. The van der Waals surface area contributed by atoms with E-state index in [4.69, 9.17) is 5.73 Å². The first-order valence-electron chi connectivity index (χ1n) is 6.39. The van der Waals surface area contributed by atoms with Gasteiger partial charge < -0.3 is 11.1 Å². The third-order valence-corrected chi connectivity index (χ3v) is 4.25. The van der Waals surface area contributed by atoms with Gasteiger partial charge in [0, 0.05) is 16.1 Å². The molecule has 1 saturated carbocycles. The van der Waals surface area contributed by atoms with Gasteiger partial charge in [-0.05, 0) is 49.9 Å². The largest absolute Gasteiger partial charge is 0.330 e. The van der Waals surface area contributed by atoms with Crippen LogP contribution in [0, 0.1) is 18.8 Å². The summed E-state index contributed by atoms with van der Waals surface area (Å²) in [6, 6.07) is 5.91. The van der Waals surface area contributed by atoms with E-state index in [9.17, 15) is 4.79 Å². The van der Waals surface area contributed by atoms with Crippen LogP contribution in [0.3, 0.4) is 0 Å². The zero-order valence-electron chi connectivity index (χ0n) is 10.6. The highest BCUT2D eigenvalue weighted by Crippen LogP contribution is 2.32. The van der Waals surface area contributed by atoms with E-state index in [1.807, 2.05) is 25.1 Å². The Hall–Kier alpha value is -0.870. The minimum absolute atomic E-state index is 0.0772. The van der Waals surface area contributed by atoms with Crippen LogP contribution in [0.25, 0.3) is 0 Å². The molecule has 4 heteroatoms. The van der Waals surface area contributed by atoms with Gasteiger partial charge in [0.05, 0.1) is 0 Å². The Kier molecular flexibility index (Phi) is 4.40. The molecule has 18 heavy (non-hydrogen) atoms. The molecule has 3 nitrogen and oxygen atoms in total. The number of nitrogens with one attached hydrogen (secondary N) is 1. The van der Waals surface area contributed by atoms with Gasteiger partial charge in [0.2, 0.25) is 5.91 Å². The molecule has 1 aliphatic carbocycles. The summed E-state index contributed by atoms with van der Waals surface area (Å²) in [6.07, 6.45) is 3.14. The number of carbonyl (C=O) groups excluding carboxylic acids is 1. The second kappa shape index (κ2) is 5.85. The van der Waals surface area contributed by atoms with Gasteiger partial charge in [-0.15, -0.1) is 0 Å². The van der Waals surface area contributed by atoms with Crippen molar-refractivity contribution in [2.24, 2.45) is 17.6 Å². The van der Waals surface area contributed by atoms with E-state index in [1.165, 1.54) is 0 Å². The van der Waals surface area contributed by atoms with Crippen molar-refractivity contribution in [3.63, 3.8) is 0 Å². The summed E-state index contributed by atoms with van der Waals surface area (Å²) in [4.78, 5) is 12.3. The van der Waals surface area contributed by atoms with Gasteiger partial charge in [-0.25, -0.2) is 0 Å². The standard InChI is InChI=1S/C14H19BrN2O/c1-9-5-6-11(15)7-13(9)17-14(18)12-4-2-3-10(12)8-16/h5-7,10,12H,2-4,8,16H2,1H3,(H,17,18). The molecule has 0 aromatic heterocycles. The predicted octanol–water partition coefficient (Wildman–Crippen LogP) is 3.07. The van der Waals surface area contributed by atoms with E-state index in [1.54, 1.807) is 0 Å². The number of aryl methyl sites for hydroxylation is 1. The molecule has 0 heterocycles. The van der Waals surface area contributed by atoms with Crippen molar-refractivity contribution < 1.29 is 4.79 Å². The van der Waals surface area contributed by atoms with Crippen molar-refractivity contribution in [2.75, 3.05) is 11.9 Å². The zero-order valence-corrected chi connectivity index (χ0v) is 12.2. The van der Waals surface area contributed by atoms with Crippen LogP contribution in [0.15, 0.2) is 22.7 Å². The summed E-state index contributed by atoms with van der Waals surface area (Å²) in [5.41, 5.74) is 7.69. The van der Waals surface area contributed by atoms with E-state index in [2.05, 4.69) is 21.2 Å². The maximum Gasteiger partial charge on any atom is 0.227 e. The van der Waals surface area contributed by atoms with E-state index < -0.39 is 0 Å². The second-order valence-electron chi connectivity index (χ2n) is 4.98. The lowest BCUT2D eigenvalue weighted by Gasteiger charge is -2.18. The van der Waals surface area contributed by atoms with Gasteiger partial charge in [0.15, 0.2) is 0 Å². The third-order valence-electron chi connectivity index (χ3n) is 3.76. The van der Waals surface area contributed by atoms with Crippen LogP contribution < -0.4 is 11.1 Å². The highest BCUT2D eigenvalue weighted by molar-refractivity contribution is 9.10. The van der Waals surface area contributed by atoms with Gasteiger partial charge in [-0.2, -0.15) is 0 Å². The van der Waals surface area contributed by atoms with Crippen LogP contribution in [0.1, 0.15) is 24.8 Å². The first-order chi connectivity index (χ1) is 8.61. The highest BCUT2D eigenvalue weighted by Gasteiger charge is 2.31. The van der Waals surface area contributed by atoms with E-state index in [0.29, 0.717) is 12.5 Å². The molecule has 1 amide bonds. The predicted molar refractivity (Wildman–Crippen MR) is 77.4 cm³/mol. The van der Waals surface area contributed by atoms with E-state index >= 15 is 0 Å². The Bertz CT molecular complexity index is 447. The molecule has 1 aromatic carbocycles. The molecule has 1 aromatic rings. The maximum atomic E-state index is 12.3. The number of anilines is 1. The minimum Gasteiger partial charge on any atom is -0.330 e. The van der Waals surface area contributed by atoms with Crippen LogP contribution >= 0.6 is 15.9 Å². The normalized spacial score (nSPS) is 23.1. The van der Waals surface area contributed by atoms with Crippen LogP contribution in [-0.2, 0) is 4.79 Å². The molecule has 1 fully saturated rings. The lowest BCUT2D eigenvalue weighted by Crippen LogP contribution is -2.29. The van der Waals surface area contributed by atoms with Crippen molar-refractivity contribution in [2.45, 2.75) is 26.2 Å². The Morgan fingerprint density at radius 3 is 3.00 bits per heavy atom. The lowest BCUT2D eigenvalue weighted by molar-refractivity contribution is -0.120. The summed E-state index contributed by atoms with van der Waals surface area (Å²) in [5, 5.41) is 3.03. The molecule has 2 rings (SSSR count). The molecule has 0 spiro atoms. The summed E-state index contributed by atoms with van der Waals surface area (Å²) in [6.45, 7) is 2.60. The molecule has 2 unspecified atom stereocenters. The number of halogens is 1. The first-order valence-corrected chi connectivity index (χ1v) is 7.18. The van der Waals surface area contributed by atoms with Crippen molar-refractivity contribution in [3.8, 4) is 0 Å². The van der Waals surface area contributed by atoms with Crippen LogP contribution in [0.5, 0.6) is 0 Å². The van der Waals surface area contributed by atoms with Gasteiger partial charge in [0.25, 0.3) is 0 Å². The average Bonchev–Trinajstić information content (AvgIpc) is 2.82. The smallest absolute Gasteiger partial charge is 0.227 e. The Balaban J connectivity index is 2.09. The fraction of sp³-hybridized carbons (Fsp3) is 0.500. The maximum absolute atomic E-state index is 12.3. The van der Waals surface area contributed by atoms with Gasteiger partial charge in [0.1, 0.15) is 0 Å². The Labute approximate surface area is 116 Å². The Morgan fingerprint density at radius 1 is 1.50 bits per heavy atom. The van der Waals surface area contributed by atoms with Crippen molar-refractivity contribution in [1.82, 2.24) is 0 Å². The summed E-state index contributed by atoms with van der Waals surface area (Å²) in [5.74, 6) is 0.537. The van der Waals surface area contributed by atoms with Crippen molar-refractivity contribution in [3.05, 3.63) is 28.2 Å². The van der Waals surface area contributed by atoms with Crippen LogP contribution in [-0.4, -0.2) is 12.5 Å². The number of hydrogen-bond donors (Lipinski definition) is 2. The van der Waals surface area contributed by atoms with Crippen molar-refractivity contribution in [1.29, 1.82) is 0 Å². The fourth-order valence-corrected chi connectivity index (χ4v) is 2.98. The SMILES string of the molecule is Cc1ccc(Br)cc1NC(=O)C1CCCC1CN. The van der Waals surface area contributed by atoms with Gasteiger partial charge in [-0.3, -0.25) is 4.79 Å². The zero-order chi connectivity index (χ0) is 13.1. The monoisotopic (exact) mass is 310 g/mol. The third kappa shape index (κ3) is 2.93. The molecule has 98 valence electrons. The quantitative estimate of drug-likeness (QED) is 0.901. The number of rotatable bonds is 3. The molecular formula is C14H19BrN2O. The number of carbonyl (C=O) groups is 1. The van der Waals surface area contributed by atoms with Crippen LogP contribution in [0.4, 0.5) is 5.69 Å². The van der Waals surface area contributed by atoms with E-state index in [0.717, 1.165) is 35.0 Å². The number of nitrogens with two attached hydrogens (primary N) is 1. The van der Waals surface area contributed by atoms with Gasteiger partial charge in [-0.1, -0.05) is 28.4 Å². The fourth-order valence-electron chi connectivity index (χ4n) is 2.62. The van der Waals surface area contributed by atoms with Crippen LogP contribution in [0.2, 0.25) is 0 Å². The molecule has 0 bridgehead atoms. The molecular weight excluding hydrogens is 292 g/mol. The Morgan fingerprint density at radius 2 is 2.28 bits per heavy atom. The lowest BCUT2D eigenvalue weighted by atomic mass is 9.95. The molecule has 0 radical (unpaired) electrons. The number of benzene rings is 1. The average molecular weight is 311 g/mol. The van der Waals surface area contributed by atoms with E-state index in [-0.39, 0.29) is 11.8 Å². The minimum atomic E-state index is 0.0772. The molecule has 0 aliphatic heterocycles. The number of amides is 1. The highest BCUT2D eigenvalue weighted by atomic mass is 79.9. The molecule has 1 aliphatic rings. The topological polar surface area (TPSA) is 55.1 Å². The molecule has 0 saturated heterocycles. The molecule has 2 atom stereocenters. The summed E-state index contributed by atoms with van der Waals surface area (Å²) < 4.78 is 0.977. The summed E-state index contributed by atoms with van der Waals surface area (Å²) >= 11 is 3.42. The van der Waals surface area contributed by atoms with Gasteiger partial charge >= 0.3 is 0 Å².